The van der Waals surface area contributed by atoms with Gasteiger partial charge in [-0.15, -0.1) is 0 Å². The largest absolute Gasteiger partial charge is 0.326 e. The molecule has 1 aromatic rings. The normalized spacial score (nSPS) is 22.0. The Hall–Kier alpha value is -0.610. The summed E-state index contributed by atoms with van der Waals surface area (Å²) in [6, 6.07) is 7.09. The van der Waals surface area contributed by atoms with Crippen molar-refractivity contribution in [1.29, 1.82) is 0 Å². The van der Waals surface area contributed by atoms with Gasteiger partial charge in [-0.3, -0.25) is 9.80 Å². The lowest BCUT2D eigenvalue weighted by Gasteiger charge is -2.38. The van der Waals surface area contributed by atoms with Crippen molar-refractivity contribution in [2.45, 2.75) is 44.8 Å². The van der Waals surface area contributed by atoms with Crippen LogP contribution in [-0.4, -0.2) is 42.0 Å². The molecule has 2 fully saturated rings. The van der Waals surface area contributed by atoms with Crippen LogP contribution in [0.1, 0.15) is 36.8 Å². The first-order valence-corrected chi connectivity index (χ1v) is 8.58. The standard InChI is InChI=1S/C17H26ClN3/c18-17-11-14(12-19)5-6-15(17)13-20-7-9-21(10-8-20)16-3-1-2-4-16/h5-6,11,16H,1-4,7-10,12-13,19H2. The molecule has 2 N–H and O–H groups in total. The van der Waals surface area contributed by atoms with E-state index in [1.807, 2.05) is 6.07 Å². The van der Waals surface area contributed by atoms with Gasteiger partial charge >= 0.3 is 0 Å². The maximum atomic E-state index is 6.37. The molecule has 0 aromatic heterocycles. The molecule has 21 heavy (non-hydrogen) atoms. The lowest BCUT2D eigenvalue weighted by Crippen LogP contribution is -2.49. The van der Waals surface area contributed by atoms with Crippen molar-refractivity contribution in [3.63, 3.8) is 0 Å². The number of hydrogen-bond acceptors (Lipinski definition) is 3. The number of piperazine rings is 1. The van der Waals surface area contributed by atoms with Gasteiger partial charge in [0.1, 0.15) is 0 Å². The van der Waals surface area contributed by atoms with E-state index >= 15 is 0 Å². The molecule has 4 heteroatoms. The van der Waals surface area contributed by atoms with Gasteiger partial charge in [-0.1, -0.05) is 36.6 Å². The van der Waals surface area contributed by atoms with E-state index in [2.05, 4.69) is 21.9 Å². The second kappa shape index (κ2) is 7.10. The Morgan fingerprint density at radius 2 is 1.81 bits per heavy atom. The van der Waals surface area contributed by atoms with Crippen LogP contribution in [0.2, 0.25) is 5.02 Å². The van der Waals surface area contributed by atoms with Crippen LogP contribution in [-0.2, 0) is 13.1 Å². The average molecular weight is 308 g/mol. The molecule has 2 aliphatic rings. The average Bonchev–Trinajstić information content (AvgIpc) is 3.04. The molecule has 1 aliphatic heterocycles. The Labute approximate surface area is 133 Å². The highest BCUT2D eigenvalue weighted by molar-refractivity contribution is 6.31. The third kappa shape index (κ3) is 3.78. The van der Waals surface area contributed by atoms with Gasteiger partial charge < -0.3 is 5.73 Å². The van der Waals surface area contributed by atoms with E-state index < -0.39 is 0 Å². The van der Waals surface area contributed by atoms with Gasteiger partial charge in [-0.05, 0) is 30.0 Å². The van der Waals surface area contributed by atoms with Gasteiger partial charge in [0.25, 0.3) is 0 Å². The van der Waals surface area contributed by atoms with E-state index in [0.29, 0.717) is 6.54 Å². The van der Waals surface area contributed by atoms with E-state index in [1.165, 1.54) is 44.3 Å². The number of rotatable bonds is 4. The molecular weight excluding hydrogens is 282 g/mol. The minimum Gasteiger partial charge on any atom is -0.326 e. The van der Waals surface area contributed by atoms with E-state index in [0.717, 1.165) is 36.3 Å². The van der Waals surface area contributed by atoms with Gasteiger partial charge in [0, 0.05) is 50.3 Å². The fraction of sp³-hybridized carbons (Fsp3) is 0.647. The van der Waals surface area contributed by atoms with Crippen LogP contribution in [0.25, 0.3) is 0 Å². The Kier molecular flexibility index (Phi) is 5.17. The second-order valence-corrected chi connectivity index (χ2v) is 6.79. The molecule has 3 nitrogen and oxygen atoms in total. The zero-order valence-corrected chi connectivity index (χ0v) is 13.5. The number of halogens is 1. The molecule has 1 heterocycles. The number of nitrogens with zero attached hydrogens (tertiary/aromatic N) is 2. The first kappa shape index (κ1) is 15.3. The third-order valence-electron chi connectivity index (χ3n) is 5.00. The summed E-state index contributed by atoms with van der Waals surface area (Å²) in [5.41, 5.74) is 7.98. The van der Waals surface area contributed by atoms with E-state index in [4.69, 9.17) is 17.3 Å². The quantitative estimate of drug-likeness (QED) is 0.928. The third-order valence-corrected chi connectivity index (χ3v) is 5.35. The van der Waals surface area contributed by atoms with Gasteiger partial charge in [0.2, 0.25) is 0 Å². The molecular formula is C17H26ClN3. The van der Waals surface area contributed by atoms with Crippen molar-refractivity contribution in [2.75, 3.05) is 26.2 Å². The number of nitrogens with two attached hydrogens (primary N) is 1. The summed E-state index contributed by atoms with van der Waals surface area (Å²) >= 11 is 6.37. The van der Waals surface area contributed by atoms with Crippen molar-refractivity contribution in [3.05, 3.63) is 34.3 Å². The predicted octanol–water partition coefficient (Wildman–Crippen LogP) is 2.86. The van der Waals surface area contributed by atoms with Gasteiger partial charge in [0.15, 0.2) is 0 Å². The molecule has 0 amide bonds. The second-order valence-electron chi connectivity index (χ2n) is 6.38. The summed E-state index contributed by atoms with van der Waals surface area (Å²) in [6.07, 6.45) is 5.67. The van der Waals surface area contributed by atoms with Gasteiger partial charge in [-0.25, -0.2) is 0 Å². The molecule has 1 aliphatic carbocycles. The van der Waals surface area contributed by atoms with Crippen molar-refractivity contribution in [3.8, 4) is 0 Å². The van der Waals surface area contributed by atoms with E-state index in [1.54, 1.807) is 0 Å². The lowest BCUT2D eigenvalue weighted by atomic mass is 10.1. The van der Waals surface area contributed by atoms with Crippen molar-refractivity contribution >= 4 is 11.6 Å². The van der Waals surface area contributed by atoms with Gasteiger partial charge in [0.05, 0.1) is 0 Å². The highest BCUT2D eigenvalue weighted by atomic mass is 35.5. The van der Waals surface area contributed by atoms with Gasteiger partial charge in [-0.2, -0.15) is 0 Å². The summed E-state index contributed by atoms with van der Waals surface area (Å²) in [5.74, 6) is 0. The molecule has 0 bridgehead atoms. The maximum Gasteiger partial charge on any atom is 0.0454 e. The Morgan fingerprint density at radius 3 is 2.43 bits per heavy atom. The molecule has 3 rings (SSSR count). The summed E-state index contributed by atoms with van der Waals surface area (Å²) in [5, 5.41) is 0.858. The van der Waals surface area contributed by atoms with Crippen molar-refractivity contribution < 1.29 is 0 Å². The van der Waals surface area contributed by atoms with Crippen LogP contribution in [0.15, 0.2) is 18.2 Å². The monoisotopic (exact) mass is 307 g/mol. The van der Waals surface area contributed by atoms with Crippen LogP contribution in [0, 0.1) is 0 Å². The minimum atomic E-state index is 0.556. The molecule has 0 atom stereocenters. The first-order valence-electron chi connectivity index (χ1n) is 8.20. The topological polar surface area (TPSA) is 32.5 Å². The molecule has 0 spiro atoms. The molecule has 116 valence electrons. The molecule has 0 radical (unpaired) electrons. The fourth-order valence-electron chi connectivity index (χ4n) is 3.64. The smallest absolute Gasteiger partial charge is 0.0454 e. The summed E-state index contributed by atoms with van der Waals surface area (Å²) in [7, 11) is 0. The van der Waals surface area contributed by atoms with Crippen LogP contribution < -0.4 is 5.73 Å². The lowest BCUT2D eigenvalue weighted by molar-refractivity contribution is 0.0937. The Morgan fingerprint density at radius 1 is 1.10 bits per heavy atom. The van der Waals surface area contributed by atoms with Crippen LogP contribution >= 0.6 is 11.6 Å². The predicted molar refractivity (Wildman–Crippen MR) is 88.4 cm³/mol. The number of benzene rings is 1. The highest BCUT2D eigenvalue weighted by Crippen LogP contribution is 2.25. The van der Waals surface area contributed by atoms with Crippen molar-refractivity contribution in [1.82, 2.24) is 9.80 Å². The first-order chi connectivity index (χ1) is 10.3. The summed E-state index contributed by atoms with van der Waals surface area (Å²) in [4.78, 5) is 5.22. The summed E-state index contributed by atoms with van der Waals surface area (Å²) in [6.45, 7) is 6.26. The highest BCUT2D eigenvalue weighted by Gasteiger charge is 2.26. The Balaban J connectivity index is 1.53. The van der Waals surface area contributed by atoms with Crippen LogP contribution in [0.5, 0.6) is 0 Å². The molecule has 1 saturated carbocycles. The van der Waals surface area contributed by atoms with Crippen molar-refractivity contribution in [2.24, 2.45) is 5.73 Å². The fourth-order valence-corrected chi connectivity index (χ4v) is 3.91. The summed E-state index contributed by atoms with van der Waals surface area (Å²) < 4.78 is 0. The van der Waals surface area contributed by atoms with Crippen LogP contribution in [0.3, 0.4) is 0 Å². The molecule has 1 aromatic carbocycles. The maximum absolute atomic E-state index is 6.37. The zero-order chi connectivity index (χ0) is 14.7. The zero-order valence-electron chi connectivity index (χ0n) is 12.7. The Bertz CT molecular complexity index is 463. The molecule has 1 saturated heterocycles. The SMILES string of the molecule is NCc1ccc(CN2CCN(C3CCCC3)CC2)c(Cl)c1. The molecule has 0 unspecified atom stereocenters. The number of hydrogen-bond donors (Lipinski definition) is 1. The van der Waals surface area contributed by atoms with E-state index in [9.17, 15) is 0 Å². The van der Waals surface area contributed by atoms with E-state index in [-0.39, 0.29) is 0 Å². The minimum absolute atomic E-state index is 0.556. The van der Waals surface area contributed by atoms with Crippen LogP contribution in [0.4, 0.5) is 0 Å².